The van der Waals surface area contributed by atoms with E-state index in [9.17, 15) is 9.59 Å². The molecule has 7 heteroatoms. The quantitative estimate of drug-likeness (QED) is 0.766. The number of thiazole rings is 1. The average molecular weight is 368 g/mol. The van der Waals surface area contributed by atoms with Gasteiger partial charge in [0.2, 0.25) is 0 Å². The number of aromatic nitrogens is 3. The topological polar surface area (TPSA) is 76.4 Å². The van der Waals surface area contributed by atoms with E-state index >= 15 is 0 Å². The summed E-state index contributed by atoms with van der Waals surface area (Å²) in [6.45, 7) is 2.21. The number of nitrogens with one attached hydrogen (secondary N) is 1. The minimum absolute atomic E-state index is 0.0192. The van der Waals surface area contributed by atoms with Crippen LogP contribution >= 0.6 is 11.3 Å². The van der Waals surface area contributed by atoms with Crippen LogP contribution in [-0.4, -0.2) is 20.3 Å². The number of anilines is 1. The molecule has 1 amide bonds. The van der Waals surface area contributed by atoms with E-state index in [0.717, 1.165) is 25.0 Å². The Morgan fingerprint density at radius 2 is 2.31 bits per heavy atom. The summed E-state index contributed by atoms with van der Waals surface area (Å²) in [6, 6.07) is 5.26. The van der Waals surface area contributed by atoms with E-state index in [0.29, 0.717) is 16.7 Å². The second-order valence-electron chi connectivity index (χ2n) is 6.65. The van der Waals surface area contributed by atoms with Crippen LogP contribution in [0, 0.1) is 5.92 Å². The zero-order valence-electron chi connectivity index (χ0n) is 14.6. The van der Waals surface area contributed by atoms with Gasteiger partial charge >= 0.3 is 0 Å². The van der Waals surface area contributed by atoms with Crippen LogP contribution in [0.2, 0.25) is 0 Å². The van der Waals surface area contributed by atoms with Crippen molar-refractivity contribution in [1.82, 2.24) is 14.4 Å². The number of hydrogen-bond donors (Lipinski definition) is 1. The molecule has 1 aliphatic carbocycles. The van der Waals surface area contributed by atoms with Crippen LogP contribution < -0.4 is 10.9 Å². The third-order valence-electron chi connectivity index (χ3n) is 4.82. The monoisotopic (exact) mass is 368 g/mol. The smallest absolute Gasteiger partial charge is 0.270 e. The highest BCUT2D eigenvalue weighted by Crippen LogP contribution is 2.34. The molecule has 0 bridgehead atoms. The Morgan fingerprint density at radius 1 is 1.42 bits per heavy atom. The minimum Gasteiger partial charge on any atom is -0.298 e. The first-order valence-electron chi connectivity index (χ1n) is 8.92. The number of fused-ring (bicyclic) bond motifs is 2. The van der Waals surface area contributed by atoms with Crippen LogP contribution in [0.4, 0.5) is 5.13 Å². The fraction of sp³-hybridized carbons (Fsp3) is 0.368. The zero-order valence-corrected chi connectivity index (χ0v) is 15.4. The summed E-state index contributed by atoms with van der Waals surface area (Å²) in [7, 11) is 0. The van der Waals surface area contributed by atoms with Gasteiger partial charge in [0.25, 0.3) is 11.5 Å². The Kier molecular flexibility index (Phi) is 4.55. The maximum absolute atomic E-state index is 12.6. The number of nitrogens with zero attached hydrogens (tertiary/aromatic N) is 3. The molecule has 134 valence electrons. The van der Waals surface area contributed by atoms with Crippen LogP contribution in [0.15, 0.2) is 35.4 Å². The number of carbonyl (C=O) groups is 1. The summed E-state index contributed by atoms with van der Waals surface area (Å²) in [6.07, 6.45) is 8.53. The van der Waals surface area contributed by atoms with E-state index in [4.69, 9.17) is 0 Å². The van der Waals surface area contributed by atoms with Crippen LogP contribution in [0.3, 0.4) is 0 Å². The zero-order chi connectivity index (χ0) is 18.1. The van der Waals surface area contributed by atoms with Crippen molar-refractivity contribution in [3.05, 3.63) is 57.1 Å². The molecule has 1 N–H and O–H groups in total. The first-order valence-corrected chi connectivity index (χ1v) is 9.73. The number of carbonyl (C=O) groups excluding carboxylic acids is 1. The van der Waals surface area contributed by atoms with Gasteiger partial charge in [0.05, 0.1) is 5.69 Å². The molecule has 0 saturated heterocycles. The molecule has 0 fully saturated rings. The predicted molar refractivity (Wildman–Crippen MR) is 102 cm³/mol. The molecule has 26 heavy (non-hydrogen) atoms. The lowest BCUT2D eigenvalue weighted by Crippen LogP contribution is -2.26. The maximum Gasteiger partial charge on any atom is 0.270 e. The summed E-state index contributed by atoms with van der Waals surface area (Å²) in [5, 5.41) is 3.35. The highest BCUT2D eigenvalue weighted by Gasteiger charge is 2.23. The van der Waals surface area contributed by atoms with Crippen molar-refractivity contribution in [2.75, 3.05) is 5.32 Å². The molecule has 4 rings (SSSR count). The van der Waals surface area contributed by atoms with Gasteiger partial charge in [-0.15, -0.1) is 11.3 Å². The second kappa shape index (κ2) is 6.99. The molecule has 3 heterocycles. The van der Waals surface area contributed by atoms with Crippen molar-refractivity contribution in [2.24, 2.45) is 5.92 Å². The normalized spacial score (nSPS) is 16.4. The van der Waals surface area contributed by atoms with Crippen LogP contribution in [0.1, 0.15) is 47.1 Å². The lowest BCUT2D eigenvalue weighted by Gasteiger charge is -2.19. The predicted octanol–water partition coefficient (Wildman–Crippen LogP) is 3.31. The Hall–Kier alpha value is -2.54. The molecule has 3 aromatic rings. The van der Waals surface area contributed by atoms with Gasteiger partial charge in [-0.3, -0.25) is 19.3 Å². The Morgan fingerprint density at radius 3 is 3.15 bits per heavy atom. The van der Waals surface area contributed by atoms with Crippen molar-refractivity contribution < 1.29 is 4.79 Å². The third kappa shape index (κ3) is 3.14. The molecule has 0 aliphatic heterocycles. The molecule has 3 aromatic heterocycles. The van der Waals surface area contributed by atoms with Gasteiger partial charge in [0.1, 0.15) is 11.2 Å². The van der Waals surface area contributed by atoms with Gasteiger partial charge in [-0.05, 0) is 37.3 Å². The molecular formula is C19H20N4O2S. The molecule has 0 saturated carbocycles. The van der Waals surface area contributed by atoms with Gasteiger partial charge in [-0.25, -0.2) is 9.97 Å². The fourth-order valence-corrected chi connectivity index (χ4v) is 4.62. The number of hydrogen-bond acceptors (Lipinski definition) is 5. The number of aryl methyl sites for hydroxylation is 1. The van der Waals surface area contributed by atoms with Gasteiger partial charge in [-0.2, -0.15) is 0 Å². The van der Waals surface area contributed by atoms with E-state index < -0.39 is 5.91 Å². The van der Waals surface area contributed by atoms with E-state index in [1.807, 2.05) is 0 Å². The summed E-state index contributed by atoms with van der Waals surface area (Å²) < 4.78 is 1.37. The standard InChI is InChI=1S/C19H20N4O2S/c1-2-5-12-7-8-14-15(10-12)26-19(21-14)22-17(24)13-11-20-16-6-3-4-9-23(16)18(13)25/h3-4,6,9,11-12H,2,5,7-8,10H2,1H3,(H,21,22,24). The molecular weight excluding hydrogens is 348 g/mol. The summed E-state index contributed by atoms with van der Waals surface area (Å²) in [4.78, 5) is 35.1. The van der Waals surface area contributed by atoms with Crippen LogP contribution in [-0.2, 0) is 12.8 Å². The molecule has 0 radical (unpaired) electrons. The molecule has 1 unspecified atom stereocenters. The lowest BCUT2D eigenvalue weighted by atomic mass is 9.88. The van der Waals surface area contributed by atoms with Gasteiger partial charge in [-0.1, -0.05) is 25.8 Å². The molecule has 1 aliphatic rings. The SMILES string of the molecule is CCCC1CCc2nc(NC(=O)c3cnc4ccccn4c3=O)sc2C1. The first-order chi connectivity index (χ1) is 12.7. The molecule has 0 spiro atoms. The fourth-order valence-electron chi connectivity index (χ4n) is 3.50. The van der Waals surface area contributed by atoms with Crippen molar-refractivity contribution in [2.45, 2.75) is 39.0 Å². The lowest BCUT2D eigenvalue weighted by molar-refractivity contribution is 0.102. The summed E-state index contributed by atoms with van der Waals surface area (Å²) in [5.41, 5.74) is 1.25. The summed E-state index contributed by atoms with van der Waals surface area (Å²) in [5.74, 6) is 0.253. The van der Waals surface area contributed by atoms with Gasteiger partial charge in [0.15, 0.2) is 5.13 Å². The highest BCUT2D eigenvalue weighted by molar-refractivity contribution is 7.15. The largest absolute Gasteiger partial charge is 0.298 e. The van der Waals surface area contributed by atoms with Crippen molar-refractivity contribution in [3.8, 4) is 0 Å². The highest BCUT2D eigenvalue weighted by atomic mass is 32.1. The Balaban J connectivity index is 1.56. The van der Waals surface area contributed by atoms with Crippen LogP contribution in [0.5, 0.6) is 0 Å². The molecule has 0 aromatic carbocycles. The van der Waals surface area contributed by atoms with Gasteiger partial charge in [0, 0.05) is 17.3 Å². The minimum atomic E-state index is -0.461. The van der Waals surface area contributed by atoms with Gasteiger partial charge < -0.3 is 0 Å². The third-order valence-corrected chi connectivity index (χ3v) is 5.85. The van der Waals surface area contributed by atoms with Crippen molar-refractivity contribution >= 4 is 28.0 Å². The number of rotatable bonds is 4. The summed E-state index contributed by atoms with van der Waals surface area (Å²) >= 11 is 1.53. The van der Waals surface area contributed by atoms with E-state index in [-0.39, 0.29) is 11.1 Å². The van der Waals surface area contributed by atoms with Crippen LogP contribution in [0.25, 0.3) is 5.65 Å². The first kappa shape index (κ1) is 16.9. The van der Waals surface area contributed by atoms with E-state index in [1.165, 1.54) is 39.7 Å². The van der Waals surface area contributed by atoms with E-state index in [1.54, 1.807) is 24.4 Å². The van der Waals surface area contributed by atoms with Crippen molar-refractivity contribution in [1.29, 1.82) is 0 Å². The average Bonchev–Trinajstić information content (AvgIpc) is 3.04. The molecule has 1 atom stereocenters. The van der Waals surface area contributed by atoms with E-state index in [2.05, 4.69) is 22.2 Å². The number of pyridine rings is 1. The van der Waals surface area contributed by atoms with Crippen molar-refractivity contribution in [3.63, 3.8) is 0 Å². The number of amides is 1. The Bertz CT molecular complexity index is 1020. The maximum atomic E-state index is 12.6. The Labute approximate surface area is 154 Å². The second-order valence-corrected chi connectivity index (χ2v) is 7.73. The molecule has 6 nitrogen and oxygen atoms in total.